The monoisotopic (exact) mass is 273 g/mol. The van der Waals surface area contributed by atoms with E-state index in [1.165, 1.54) is 6.07 Å². The summed E-state index contributed by atoms with van der Waals surface area (Å²) in [5, 5.41) is 3.29. The van der Waals surface area contributed by atoms with Gasteiger partial charge in [-0.3, -0.25) is 0 Å². The zero-order chi connectivity index (χ0) is 11.0. The van der Waals surface area contributed by atoms with E-state index in [2.05, 4.69) is 21.2 Å². The summed E-state index contributed by atoms with van der Waals surface area (Å²) >= 11 is 3.29. The molecule has 2 unspecified atom stereocenters. The number of rotatable bonds is 2. The van der Waals surface area contributed by atoms with Crippen LogP contribution in [0, 0.1) is 5.82 Å². The summed E-state index contributed by atoms with van der Waals surface area (Å²) in [7, 11) is 0. The fourth-order valence-corrected chi connectivity index (χ4v) is 2.39. The van der Waals surface area contributed by atoms with E-state index in [4.69, 9.17) is 4.74 Å². The first-order valence-electron chi connectivity index (χ1n) is 5.02. The molecular formula is C11H13BrFNO. The van der Waals surface area contributed by atoms with E-state index in [-0.39, 0.29) is 18.0 Å². The lowest BCUT2D eigenvalue weighted by molar-refractivity contribution is 0.204. The Morgan fingerprint density at radius 2 is 2.27 bits per heavy atom. The highest BCUT2D eigenvalue weighted by atomic mass is 79.9. The molecule has 0 radical (unpaired) electrons. The van der Waals surface area contributed by atoms with Crippen LogP contribution >= 0.6 is 15.9 Å². The molecule has 0 saturated carbocycles. The summed E-state index contributed by atoms with van der Waals surface area (Å²) in [5.74, 6) is 0.0864. The zero-order valence-electron chi connectivity index (χ0n) is 8.68. The van der Waals surface area contributed by atoms with Crippen LogP contribution < -0.4 is 10.1 Å². The van der Waals surface area contributed by atoms with Crippen molar-refractivity contribution < 1.29 is 9.13 Å². The number of benzene rings is 1. The predicted octanol–water partition coefficient (Wildman–Crippen LogP) is 3.02. The third-order valence-electron chi connectivity index (χ3n) is 2.57. The molecule has 1 aliphatic rings. The molecule has 0 spiro atoms. The SMILES string of the molecule is CCNC1c2cc(Br)cc(F)c2OC1C. The molecule has 4 heteroatoms. The van der Waals surface area contributed by atoms with Crippen LogP contribution in [0.1, 0.15) is 25.5 Å². The molecule has 15 heavy (non-hydrogen) atoms. The smallest absolute Gasteiger partial charge is 0.166 e. The Kier molecular flexibility index (Phi) is 2.98. The Morgan fingerprint density at radius 1 is 1.53 bits per heavy atom. The van der Waals surface area contributed by atoms with Gasteiger partial charge in [-0.2, -0.15) is 0 Å². The van der Waals surface area contributed by atoms with E-state index in [0.717, 1.165) is 16.6 Å². The van der Waals surface area contributed by atoms with Crippen LogP contribution in [0.2, 0.25) is 0 Å². The lowest BCUT2D eigenvalue weighted by Gasteiger charge is -2.15. The summed E-state index contributed by atoms with van der Waals surface area (Å²) in [6, 6.07) is 3.42. The molecule has 0 aliphatic carbocycles. The lowest BCUT2D eigenvalue weighted by Crippen LogP contribution is -2.28. The maximum atomic E-state index is 13.6. The predicted molar refractivity (Wildman–Crippen MR) is 60.6 cm³/mol. The average Bonchev–Trinajstić information content (AvgIpc) is 2.46. The molecule has 1 N–H and O–H groups in total. The van der Waals surface area contributed by atoms with Gasteiger partial charge in [-0.15, -0.1) is 0 Å². The summed E-state index contributed by atoms with van der Waals surface area (Å²) < 4.78 is 19.8. The fraction of sp³-hybridized carbons (Fsp3) is 0.455. The van der Waals surface area contributed by atoms with Gasteiger partial charge in [-0.05, 0) is 25.6 Å². The molecule has 1 aromatic rings. The number of likely N-dealkylation sites (N-methyl/N-ethyl adjacent to an activating group) is 1. The van der Waals surface area contributed by atoms with Crippen LogP contribution in [-0.4, -0.2) is 12.6 Å². The fourth-order valence-electron chi connectivity index (χ4n) is 1.94. The van der Waals surface area contributed by atoms with E-state index in [1.807, 2.05) is 19.9 Å². The zero-order valence-corrected chi connectivity index (χ0v) is 10.3. The molecule has 0 fully saturated rings. The van der Waals surface area contributed by atoms with Gasteiger partial charge in [0.2, 0.25) is 0 Å². The van der Waals surface area contributed by atoms with E-state index in [1.54, 1.807) is 0 Å². The minimum atomic E-state index is -0.299. The van der Waals surface area contributed by atoms with Gasteiger partial charge in [-0.25, -0.2) is 4.39 Å². The van der Waals surface area contributed by atoms with Gasteiger partial charge in [-0.1, -0.05) is 22.9 Å². The van der Waals surface area contributed by atoms with Crippen molar-refractivity contribution in [3.05, 3.63) is 28.0 Å². The molecule has 0 amide bonds. The molecule has 2 rings (SSSR count). The molecule has 2 nitrogen and oxygen atoms in total. The van der Waals surface area contributed by atoms with Crippen LogP contribution in [0.5, 0.6) is 5.75 Å². The first-order valence-corrected chi connectivity index (χ1v) is 5.81. The van der Waals surface area contributed by atoms with E-state index in [0.29, 0.717) is 5.75 Å². The average molecular weight is 274 g/mol. The molecule has 2 atom stereocenters. The summed E-state index contributed by atoms with van der Waals surface area (Å²) in [6.07, 6.45) is -0.0243. The number of fused-ring (bicyclic) bond motifs is 1. The van der Waals surface area contributed by atoms with Crippen molar-refractivity contribution in [1.29, 1.82) is 0 Å². The number of hydrogen-bond donors (Lipinski definition) is 1. The van der Waals surface area contributed by atoms with Gasteiger partial charge in [0.15, 0.2) is 11.6 Å². The normalized spacial score (nSPS) is 23.7. The van der Waals surface area contributed by atoms with Crippen LogP contribution in [-0.2, 0) is 0 Å². The van der Waals surface area contributed by atoms with Crippen LogP contribution in [0.15, 0.2) is 16.6 Å². The Labute approximate surface area is 96.9 Å². The van der Waals surface area contributed by atoms with Gasteiger partial charge in [0, 0.05) is 10.0 Å². The van der Waals surface area contributed by atoms with E-state index >= 15 is 0 Å². The quantitative estimate of drug-likeness (QED) is 0.895. The molecule has 1 aromatic carbocycles. The molecule has 0 bridgehead atoms. The number of hydrogen-bond acceptors (Lipinski definition) is 2. The van der Waals surface area contributed by atoms with E-state index < -0.39 is 0 Å². The minimum absolute atomic E-state index is 0.0243. The van der Waals surface area contributed by atoms with Gasteiger partial charge in [0.25, 0.3) is 0 Å². The van der Waals surface area contributed by atoms with Crippen molar-refractivity contribution in [2.24, 2.45) is 0 Å². The molecule has 0 aromatic heterocycles. The highest BCUT2D eigenvalue weighted by Gasteiger charge is 2.32. The molecule has 82 valence electrons. The maximum absolute atomic E-state index is 13.6. The minimum Gasteiger partial charge on any atom is -0.485 e. The van der Waals surface area contributed by atoms with Crippen molar-refractivity contribution in [2.75, 3.05) is 6.54 Å². The number of nitrogens with one attached hydrogen (secondary N) is 1. The second-order valence-corrected chi connectivity index (χ2v) is 4.58. The topological polar surface area (TPSA) is 21.3 Å². The van der Waals surface area contributed by atoms with Crippen molar-refractivity contribution in [2.45, 2.75) is 26.0 Å². The molecule has 0 saturated heterocycles. The molecule has 1 aliphatic heterocycles. The van der Waals surface area contributed by atoms with Crippen LogP contribution in [0.4, 0.5) is 4.39 Å². The molecule has 1 heterocycles. The second-order valence-electron chi connectivity index (χ2n) is 3.66. The van der Waals surface area contributed by atoms with Crippen molar-refractivity contribution in [1.82, 2.24) is 5.32 Å². The summed E-state index contributed by atoms with van der Waals surface area (Å²) in [6.45, 7) is 4.81. The largest absolute Gasteiger partial charge is 0.485 e. The standard InChI is InChI=1S/C11H13BrFNO/c1-3-14-10-6(2)15-11-8(10)4-7(12)5-9(11)13/h4-6,10,14H,3H2,1-2H3. The van der Waals surface area contributed by atoms with Crippen LogP contribution in [0.25, 0.3) is 0 Å². The molecular weight excluding hydrogens is 261 g/mol. The summed E-state index contributed by atoms with van der Waals surface area (Å²) in [5.41, 5.74) is 0.899. The summed E-state index contributed by atoms with van der Waals surface area (Å²) in [4.78, 5) is 0. The third-order valence-corrected chi connectivity index (χ3v) is 3.03. The Hall–Kier alpha value is -0.610. The van der Waals surface area contributed by atoms with Gasteiger partial charge >= 0.3 is 0 Å². The van der Waals surface area contributed by atoms with Gasteiger partial charge < -0.3 is 10.1 Å². The lowest BCUT2D eigenvalue weighted by atomic mass is 10.0. The highest BCUT2D eigenvalue weighted by molar-refractivity contribution is 9.10. The van der Waals surface area contributed by atoms with Gasteiger partial charge in [0.05, 0.1) is 6.04 Å². The van der Waals surface area contributed by atoms with Crippen molar-refractivity contribution in [3.63, 3.8) is 0 Å². The van der Waals surface area contributed by atoms with Gasteiger partial charge in [0.1, 0.15) is 6.10 Å². The first kappa shape index (κ1) is 10.9. The van der Waals surface area contributed by atoms with E-state index in [9.17, 15) is 4.39 Å². The second kappa shape index (κ2) is 4.10. The first-order chi connectivity index (χ1) is 7.13. The highest BCUT2D eigenvalue weighted by Crippen LogP contribution is 2.40. The maximum Gasteiger partial charge on any atom is 0.166 e. The van der Waals surface area contributed by atoms with Crippen LogP contribution in [0.3, 0.4) is 0 Å². The number of halogens is 2. The Morgan fingerprint density at radius 3 is 2.93 bits per heavy atom. The Bertz CT molecular complexity index is 383. The Balaban J connectivity index is 2.43. The third kappa shape index (κ3) is 1.88. The van der Waals surface area contributed by atoms with Crippen molar-refractivity contribution >= 4 is 15.9 Å². The van der Waals surface area contributed by atoms with Crippen molar-refractivity contribution in [3.8, 4) is 5.75 Å². The number of ether oxygens (including phenoxy) is 1.